The van der Waals surface area contributed by atoms with Gasteiger partial charge in [0, 0.05) is 24.2 Å². The Hall–Kier alpha value is -6.19. The number of hydrogen-bond donors (Lipinski definition) is 4. The van der Waals surface area contributed by atoms with Crippen molar-refractivity contribution in [2.24, 2.45) is 0 Å². The van der Waals surface area contributed by atoms with Gasteiger partial charge in [0.2, 0.25) is 17.7 Å². The molecule has 4 atom stereocenters. The molecule has 14 nitrogen and oxygen atoms in total. The van der Waals surface area contributed by atoms with E-state index in [1.165, 1.54) is 0 Å². The molecule has 0 bridgehead atoms. The predicted molar refractivity (Wildman–Crippen MR) is 211 cm³/mol. The monoisotopic (exact) mass is 773 g/mol. The van der Waals surface area contributed by atoms with Gasteiger partial charge in [-0.3, -0.25) is 19.2 Å². The van der Waals surface area contributed by atoms with Crippen molar-refractivity contribution in [2.75, 3.05) is 37.1 Å². The summed E-state index contributed by atoms with van der Waals surface area (Å²) in [4.78, 5) is 61.6. The van der Waals surface area contributed by atoms with E-state index < -0.39 is 47.9 Å². The predicted octanol–water partition coefficient (Wildman–Crippen LogP) is 3.68. The molecule has 5 aromatic rings. The van der Waals surface area contributed by atoms with Gasteiger partial charge in [-0.1, -0.05) is 24.3 Å². The maximum absolute atomic E-state index is 13.7. The lowest BCUT2D eigenvalue weighted by atomic mass is 10.1. The van der Waals surface area contributed by atoms with Gasteiger partial charge in [0.1, 0.15) is 11.5 Å². The first-order chi connectivity index (χ1) is 27.6. The third-order valence-electron chi connectivity index (χ3n) is 10.0. The van der Waals surface area contributed by atoms with E-state index in [1.54, 1.807) is 117 Å². The second-order valence-electron chi connectivity index (χ2n) is 14.0. The molecule has 0 aliphatic carbocycles. The molecule has 0 radical (unpaired) electrons. The van der Waals surface area contributed by atoms with Gasteiger partial charge in [-0.25, -0.2) is 14.8 Å². The molecular weight excluding hydrogens is 730 g/mol. The fourth-order valence-corrected chi connectivity index (χ4v) is 7.05. The smallest absolute Gasteiger partial charge is 0.250 e. The first kappa shape index (κ1) is 39.1. The average molecular weight is 774 g/mol. The number of carbonyl (C=O) groups is 4. The molecule has 2 aliphatic heterocycles. The van der Waals surface area contributed by atoms with Crippen LogP contribution >= 0.6 is 0 Å². The van der Waals surface area contributed by atoms with Gasteiger partial charge in [0.25, 0.3) is 11.8 Å². The van der Waals surface area contributed by atoms with Crippen molar-refractivity contribution in [3.63, 3.8) is 0 Å². The molecular formula is C43H43N5O9. The number of ether oxygens (including phenoxy) is 2. The second kappa shape index (κ2) is 17.3. The van der Waals surface area contributed by atoms with Gasteiger partial charge in [-0.15, -0.1) is 0 Å². The first-order valence-electron chi connectivity index (χ1n) is 18.6. The van der Waals surface area contributed by atoms with Crippen molar-refractivity contribution in [2.45, 2.75) is 50.0 Å². The SMILES string of the molecule is COc1cccc(CC(=O)N(C(=O)[C@@H]2C[C@@H](O)CN2)c2ccc(-c3cnc(-c4ccc(N(C(=O)Cc5cccc(OC)c5)C(=O)[C@@H]5C[C@@H](O)CN5)cc4)o3)cc2)c1. The van der Waals surface area contributed by atoms with Crippen LogP contribution in [0, 0.1) is 0 Å². The highest BCUT2D eigenvalue weighted by Gasteiger charge is 2.36. The number of oxazole rings is 1. The van der Waals surface area contributed by atoms with Gasteiger partial charge >= 0.3 is 0 Å². The number of rotatable bonds is 12. The second-order valence-corrected chi connectivity index (χ2v) is 14.0. The van der Waals surface area contributed by atoms with Gasteiger partial charge < -0.3 is 34.7 Å². The summed E-state index contributed by atoms with van der Waals surface area (Å²) in [7, 11) is 3.08. The summed E-state index contributed by atoms with van der Waals surface area (Å²) >= 11 is 0. The molecule has 4 amide bonds. The molecule has 2 fully saturated rings. The van der Waals surface area contributed by atoms with Crippen molar-refractivity contribution in [1.82, 2.24) is 15.6 Å². The number of amides is 4. The molecule has 0 saturated carbocycles. The number of carbonyl (C=O) groups excluding carboxylic acids is 4. The van der Waals surface area contributed by atoms with E-state index in [2.05, 4.69) is 15.6 Å². The fourth-order valence-electron chi connectivity index (χ4n) is 7.05. The lowest BCUT2D eigenvalue weighted by Gasteiger charge is -2.24. The highest BCUT2D eigenvalue weighted by molar-refractivity contribution is 6.18. The molecule has 1 aromatic heterocycles. The van der Waals surface area contributed by atoms with Crippen LogP contribution in [-0.2, 0) is 32.0 Å². The van der Waals surface area contributed by atoms with E-state index in [0.717, 1.165) is 9.80 Å². The largest absolute Gasteiger partial charge is 0.497 e. The molecule has 0 unspecified atom stereocenters. The molecule has 3 heterocycles. The average Bonchev–Trinajstić information content (AvgIpc) is 4.00. The Kier molecular flexibility index (Phi) is 11.9. The zero-order chi connectivity index (χ0) is 40.1. The van der Waals surface area contributed by atoms with Gasteiger partial charge in [0.15, 0.2) is 5.76 Å². The number of aliphatic hydroxyl groups is 2. The Morgan fingerprint density at radius 2 is 1.14 bits per heavy atom. The summed E-state index contributed by atoms with van der Waals surface area (Å²) in [6.45, 7) is 0.510. The fraction of sp³-hybridized carbons (Fsp3) is 0.279. The van der Waals surface area contributed by atoms with Crippen LogP contribution in [0.15, 0.2) is 108 Å². The van der Waals surface area contributed by atoms with Crippen LogP contribution in [0.3, 0.4) is 0 Å². The van der Waals surface area contributed by atoms with Crippen LogP contribution in [0.1, 0.15) is 24.0 Å². The number of hydrogen-bond acceptors (Lipinski definition) is 12. The van der Waals surface area contributed by atoms with Crippen molar-refractivity contribution < 1.29 is 43.3 Å². The van der Waals surface area contributed by atoms with Crippen LogP contribution in [-0.4, -0.2) is 90.4 Å². The summed E-state index contributed by atoms with van der Waals surface area (Å²) in [5, 5.41) is 26.2. The number of imide groups is 2. The van der Waals surface area contributed by atoms with E-state index in [0.29, 0.717) is 50.9 Å². The topological polar surface area (TPSA) is 184 Å². The number of β-amino-alcohol motifs (C(OH)–C–C–N with tert-alkyl or cyclic N) is 2. The van der Waals surface area contributed by atoms with Crippen LogP contribution in [0.5, 0.6) is 11.5 Å². The molecule has 7 rings (SSSR count). The molecule has 2 saturated heterocycles. The number of methoxy groups -OCH3 is 2. The zero-order valence-corrected chi connectivity index (χ0v) is 31.5. The Balaban J connectivity index is 1.10. The Bertz CT molecular complexity index is 2080. The summed E-state index contributed by atoms with van der Waals surface area (Å²) < 4.78 is 16.7. The Labute approximate surface area is 329 Å². The summed E-state index contributed by atoms with van der Waals surface area (Å²) in [6.07, 6.45) is 0.464. The molecule has 0 spiro atoms. The Morgan fingerprint density at radius 3 is 1.56 bits per heavy atom. The lowest BCUT2D eigenvalue weighted by Crippen LogP contribution is -2.47. The van der Waals surface area contributed by atoms with E-state index in [1.807, 2.05) is 0 Å². The molecule has 4 N–H and O–H groups in total. The summed E-state index contributed by atoms with van der Waals surface area (Å²) in [5.41, 5.74) is 3.30. The normalized spacial score (nSPS) is 18.9. The molecule has 4 aromatic carbocycles. The third kappa shape index (κ3) is 8.95. The van der Waals surface area contributed by atoms with E-state index >= 15 is 0 Å². The Morgan fingerprint density at radius 1 is 0.684 bits per heavy atom. The minimum atomic E-state index is -0.724. The number of anilines is 2. The standard InChI is InChI=1S/C43H43N5O9/c1-55-34-7-3-5-26(17-34)19-39(51)47(42(53)36-21-32(49)23-44-36)30-13-9-28(10-14-30)38-25-46-41(57-38)29-11-15-31(16-12-29)48(43(54)37-22-33(50)24-45-37)40(52)20-27-6-4-8-35(18-27)56-2/h3-18,25,32-33,36-37,44-45,49-50H,19-24H2,1-2H3/t32-,33-,36+,37+/m1/s1. The van der Waals surface area contributed by atoms with Gasteiger partial charge in [0.05, 0.1) is 68.9 Å². The van der Waals surface area contributed by atoms with Crippen LogP contribution in [0.25, 0.3) is 22.8 Å². The van der Waals surface area contributed by atoms with Gasteiger partial charge in [-0.2, -0.15) is 0 Å². The third-order valence-corrected chi connectivity index (χ3v) is 10.0. The highest BCUT2D eigenvalue weighted by atomic mass is 16.5. The van der Waals surface area contributed by atoms with Crippen LogP contribution in [0.4, 0.5) is 11.4 Å². The van der Waals surface area contributed by atoms with E-state index in [9.17, 15) is 29.4 Å². The minimum Gasteiger partial charge on any atom is -0.497 e. The zero-order valence-electron chi connectivity index (χ0n) is 31.5. The van der Waals surface area contributed by atoms with Crippen molar-refractivity contribution in [1.29, 1.82) is 0 Å². The number of nitrogens with zero attached hydrogens (tertiary/aromatic N) is 3. The molecule has 294 valence electrons. The van der Waals surface area contributed by atoms with Crippen molar-refractivity contribution in [3.8, 4) is 34.3 Å². The maximum atomic E-state index is 13.7. The lowest BCUT2D eigenvalue weighted by molar-refractivity contribution is -0.128. The first-order valence-corrected chi connectivity index (χ1v) is 18.6. The molecule has 14 heteroatoms. The summed E-state index contributed by atoms with van der Waals surface area (Å²) in [5.74, 6) is 0.104. The van der Waals surface area contributed by atoms with E-state index in [-0.39, 0.29) is 44.7 Å². The molecule has 57 heavy (non-hydrogen) atoms. The van der Waals surface area contributed by atoms with Crippen molar-refractivity contribution in [3.05, 3.63) is 114 Å². The summed E-state index contributed by atoms with van der Waals surface area (Å²) in [6, 6.07) is 26.2. The van der Waals surface area contributed by atoms with Crippen molar-refractivity contribution >= 4 is 35.0 Å². The molecule has 2 aliphatic rings. The number of aliphatic hydroxyl groups excluding tert-OH is 2. The van der Waals surface area contributed by atoms with Crippen LogP contribution in [0.2, 0.25) is 0 Å². The maximum Gasteiger partial charge on any atom is 0.250 e. The van der Waals surface area contributed by atoms with E-state index in [4.69, 9.17) is 13.9 Å². The van der Waals surface area contributed by atoms with Crippen LogP contribution < -0.4 is 29.9 Å². The number of nitrogens with one attached hydrogen (secondary N) is 2. The number of benzene rings is 4. The van der Waals surface area contributed by atoms with Gasteiger partial charge in [-0.05, 0) is 96.8 Å². The number of aromatic nitrogens is 1. The minimum absolute atomic E-state index is 0.0485. The highest BCUT2D eigenvalue weighted by Crippen LogP contribution is 2.31. The quantitative estimate of drug-likeness (QED) is 0.145.